The first-order chi connectivity index (χ1) is 17.1. The molecule has 0 aliphatic carbocycles. The van der Waals surface area contributed by atoms with E-state index < -0.39 is 5.60 Å². The van der Waals surface area contributed by atoms with E-state index >= 15 is 0 Å². The number of carbonyl (C=O) groups is 1. The summed E-state index contributed by atoms with van der Waals surface area (Å²) in [6.07, 6.45) is 1.58. The average molecular weight is 492 g/mol. The van der Waals surface area contributed by atoms with Crippen molar-refractivity contribution in [2.24, 2.45) is 0 Å². The third-order valence-electron chi connectivity index (χ3n) is 6.46. The van der Waals surface area contributed by atoms with Gasteiger partial charge < -0.3 is 19.5 Å². The summed E-state index contributed by atoms with van der Waals surface area (Å²) < 4.78 is 7.25. The number of rotatable bonds is 6. The van der Waals surface area contributed by atoms with E-state index in [4.69, 9.17) is 4.74 Å². The fraction of sp³-hybridized carbons (Fsp3) is 0.464. The fourth-order valence-electron chi connectivity index (χ4n) is 4.48. The molecule has 8 heteroatoms. The number of nitrogens with zero attached hydrogens (tertiary/aromatic N) is 4. The fourth-order valence-corrected chi connectivity index (χ4v) is 4.48. The molecule has 3 aromatic rings. The van der Waals surface area contributed by atoms with Gasteiger partial charge in [-0.2, -0.15) is 0 Å². The Kier molecular flexibility index (Phi) is 7.64. The van der Waals surface area contributed by atoms with Crippen LogP contribution in [0.2, 0.25) is 0 Å². The molecule has 0 bridgehead atoms. The monoisotopic (exact) mass is 491 g/mol. The molecule has 0 unspecified atom stereocenters. The van der Waals surface area contributed by atoms with Crippen molar-refractivity contribution >= 4 is 22.8 Å². The average Bonchev–Trinajstić information content (AvgIpc) is 2.84. The quantitative estimate of drug-likeness (QED) is 0.541. The van der Waals surface area contributed by atoms with Crippen LogP contribution in [0.3, 0.4) is 0 Å². The number of benzene rings is 1. The van der Waals surface area contributed by atoms with Gasteiger partial charge >= 0.3 is 6.09 Å². The van der Waals surface area contributed by atoms with Gasteiger partial charge in [-0.25, -0.2) is 9.78 Å². The van der Waals surface area contributed by atoms with Gasteiger partial charge in [-0.05, 0) is 51.8 Å². The Hall–Kier alpha value is -3.39. The maximum Gasteiger partial charge on any atom is 0.410 e. The summed E-state index contributed by atoms with van der Waals surface area (Å²) in [6, 6.07) is 14.0. The van der Waals surface area contributed by atoms with E-state index in [0.717, 1.165) is 41.9 Å². The molecule has 0 radical (unpaired) electrons. The molecule has 192 valence electrons. The molecule has 1 atom stereocenters. The largest absolute Gasteiger partial charge is 0.444 e. The summed E-state index contributed by atoms with van der Waals surface area (Å²) in [5, 5.41) is 4.42. The summed E-state index contributed by atoms with van der Waals surface area (Å²) in [5.74, 6) is 0.745. The predicted molar refractivity (Wildman–Crippen MR) is 143 cm³/mol. The number of nitrogens with one attached hydrogen (secondary N) is 1. The van der Waals surface area contributed by atoms with Gasteiger partial charge in [0, 0.05) is 69.0 Å². The molecule has 2 aromatic heterocycles. The number of aryl methyl sites for hydroxylation is 1. The van der Waals surface area contributed by atoms with Crippen LogP contribution >= 0.6 is 0 Å². The number of hydrogen-bond acceptors (Lipinski definition) is 6. The van der Waals surface area contributed by atoms with Crippen molar-refractivity contribution < 1.29 is 9.53 Å². The van der Waals surface area contributed by atoms with E-state index in [2.05, 4.69) is 46.4 Å². The summed E-state index contributed by atoms with van der Waals surface area (Å²) in [7, 11) is 0. The van der Waals surface area contributed by atoms with E-state index in [9.17, 15) is 9.59 Å². The van der Waals surface area contributed by atoms with E-state index in [-0.39, 0.29) is 17.7 Å². The second-order valence-electron chi connectivity index (χ2n) is 10.4. The Morgan fingerprint density at radius 2 is 1.78 bits per heavy atom. The van der Waals surface area contributed by atoms with Crippen molar-refractivity contribution in [3.8, 4) is 0 Å². The smallest absolute Gasteiger partial charge is 0.410 e. The molecule has 4 rings (SSSR count). The first-order valence-electron chi connectivity index (χ1n) is 12.7. The SMILES string of the molecule is CCn1c(=O)ccc2cnc(N[C@@H](C)c3ccc(CN4CCN(C(=O)OC(C)(C)C)CC4)cc3)cc21. The summed E-state index contributed by atoms with van der Waals surface area (Å²) >= 11 is 0. The van der Waals surface area contributed by atoms with Crippen molar-refractivity contribution in [1.29, 1.82) is 0 Å². The standard InChI is InChI=1S/C28H37N5O3/c1-6-33-24-17-25(29-18-23(24)11-12-26(33)34)30-20(2)22-9-7-21(8-10-22)19-31-13-15-32(16-14-31)27(35)36-28(3,4)5/h7-12,17-18,20H,6,13-16,19H2,1-5H3,(H,29,30)/t20-/m0/s1. The number of carbonyl (C=O) groups excluding carboxylic acids is 1. The molecular weight excluding hydrogens is 454 g/mol. The van der Waals surface area contributed by atoms with Gasteiger partial charge in [-0.3, -0.25) is 9.69 Å². The molecule has 1 aromatic carbocycles. The van der Waals surface area contributed by atoms with Crippen LogP contribution < -0.4 is 10.9 Å². The Morgan fingerprint density at radius 3 is 2.42 bits per heavy atom. The van der Waals surface area contributed by atoms with Gasteiger partial charge in [-0.1, -0.05) is 24.3 Å². The zero-order chi connectivity index (χ0) is 25.9. The third-order valence-corrected chi connectivity index (χ3v) is 6.46. The molecule has 8 nitrogen and oxygen atoms in total. The first-order valence-corrected chi connectivity index (χ1v) is 12.7. The maximum absolute atomic E-state index is 12.3. The first kappa shape index (κ1) is 25.7. The number of aromatic nitrogens is 2. The normalized spacial score (nSPS) is 15.6. The van der Waals surface area contributed by atoms with Crippen LogP contribution in [0, 0.1) is 0 Å². The molecule has 1 N–H and O–H groups in total. The lowest BCUT2D eigenvalue weighted by Crippen LogP contribution is -2.49. The van der Waals surface area contributed by atoms with Crippen LogP contribution in [0.5, 0.6) is 0 Å². The van der Waals surface area contributed by atoms with Gasteiger partial charge in [-0.15, -0.1) is 0 Å². The molecule has 1 amide bonds. The number of amides is 1. The van der Waals surface area contributed by atoms with Crippen LogP contribution in [-0.4, -0.2) is 57.2 Å². The zero-order valence-corrected chi connectivity index (χ0v) is 22.0. The number of ether oxygens (including phenoxy) is 1. The lowest BCUT2D eigenvalue weighted by Gasteiger charge is -2.35. The molecule has 36 heavy (non-hydrogen) atoms. The van der Waals surface area contributed by atoms with Crippen molar-refractivity contribution in [2.75, 3.05) is 31.5 Å². The van der Waals surface area contributed by atoms with Crippen molar-refractivity contribution in [3.05, 3.63) is 70.1 Å². The minimum atomic E-state index is -0.468. The lowest BCUT2D eigenvalue weighted by molar-refractivity contribution is 0.0139. The topological polar surface area (TPSA) is 79.7 Å². The van der Waals surface area contributed by atoms with Crippen molar-refractivity contribution in [2.45, 2.75) is 59.4 Å². The highest BCUT2D eigenvalue weighted by Crippen LogP contribution is 2.22. The Bertz CT molecular complexity index is 1250. The molecule has 1 saturated heterocycles. The number of anilines is 1. The van der Waals surface area contributed by atoms with Crippen molar-refractivity contribution in [1.82, 2.24) is 19.4 Å². The molecule has 1 fully saturated rings. The van der Waals surface area contributed by atoms with E-state index in [1.165, 1.54) is 5.56 Å². The highest BCUT2D eigenvalue weighted by Gasteiger charge is 2.25. The van der Waals surface area contributed by atoms with Crippen LogP contribution in [-0.2, 0) is 17.8 Å². The van der Waals surface area contributed by atoms with Gasteiger partial charge in [0.1, 0.15) is 11.4 Å². The number of pyridine rings is 2. The minimum Gasteiger partial charge on any atom is -0.444 e. The second kappa shape index (κ2) is 10.7. The lowest BCUT2D eigenvalue weighted by atomic mass is 10.1. The third kappa shape index (κ3) is 6.23. The predicted octanol–water partition coefficient (Wildman–Crippen LogP) is 4.64. The van der Waals surface area contributed by atoms with Gasteiger partial charge in [0.25, 0.3) is 5.56 Å². The van der Waals surface area contributed by atoms with Gasteiger partial charge in [0.2, 0.25) is 0 Å². The molecule has 3 heterocycles. The number of hydrogen-bond donors (Lipinski definition) is 1. The number of piperazine rings is 1. The van der Waals surface area contributed by atoms with Gasteiger partial charge in [0.15, 0.2) is 0 Å². The molecular formula is C28H37N5O3. The summed E-state index contributed by atoms with van der Waals surface area (Å²) in [6.45, 7) is 14.2. The highest BCUT2D eigenvalue weighted by molar-refractivity contribution is 5.80. The maximum atomic E-state index is 12.3. The molecule has 1 aliphatic rings. The zero-order valence-electron chi connectivity index (χ0n) is 22.0. The van der Waals surface area contributed by atoms with E-state index in [0.29, 0.717) is 19.6 Å². The Labute approximate surface area is 212 Å². The van der Waals surface area contributed by atoms with E-state index in [1.54, 1.807) is 15.5 Å². The molecule has 1 aliphatic heterocycles. The van der Waals surface area contributed by atoms with Crippen LogP contribution in [0.25, 0.3) is 10.9 Å². The van der Waals surface area contributed by atoms with Crippen LogP contribution in [0.1, 0.15) is 51.8 Å². The molecule has 0 spiro atoms. The summed E-state index contributed by atoms with van der Waals surface area (Å²) in [4.78, 5) is 33.2. The second-order valence-corrected chi connectivity index (χ2v) is 10.4. The van der Waals surface area contributed by atoms with Crippen molar-refractivity contribution in [3.63, 3.8) is 0 Å². The Morgan fingerprint density at radius 1 is 1.08 bits per heavy atom. The summed E-state index contributed by atoms with van der Waals surface area (Å²) in [5.41, 5.74) is 2.82. The van der Waals surface area contributed by atoms with Crippen LogP contribution in [0.4, 0.5) is 10.6 Å². The highest BCUT2D eigenvalue weighted by atomic mass is 16.6. The van der Waals surface area contributed by atoms with Gasteiger partial charge in [0.05, 0.1) is 5.52 Å². The Balaban J connectivity index is 1.33. The van der Waals surface area contributed by atoms with Crippen LogP contribution in [0.15, 0.2) is 53.5 Å². The van der Waals surface area contributed by atoms with E-state index in [1.807, 2.05) is 46.0 Å². The number of fused-ring (bicyclic) bond motifs is 1. The molecule has 0 saturated carbocycles. The minimum absolute atomic E-state index is 0.00274.